The van der Waals surface area contributed by atoms with E-state index in [4.69, 9.17) is 23.6 Å². The Morgan fingerprint density at radius 2 is 2.25 bits per heavy atom. The fourth-order valence-electron chi connectivity index (χ4n) is 1.83. The summed E-state index contributed by atoms with van der Waals surface area (Å²) in [5.41, 5.74) is 0.865. The van der Waals surface area contributed by atoms with Crippen LogP contribution in [0.2, 0.25) is 0 Å². The third kappa shape index (κ3) is 4.71. The molecule has 14 nitrogen and oxygen atoms in total. The molecule has 16 heteroatoms. The number of nitrogen functional groups attached to an aromatic ring is 1. The molecule has 1 aromatic rings. The van der Waals surface area contributed by atoms with Crippen LogP contribution in [-0.4, -0.2) is 69.8 Å². The number of rotatable bonds is 8. The van der Waals surface area contributed by atoms with Crippen LogP contribution in [0, 0.1) is 0 Å². The summed E-state index contributed by atoms with van der Waals surface area (Å²) in [6.45, 7) is -8.45. The molecule has 2 heterocycles. The molecule has 1 aromatic heterocycles. The number of aromatic nitrogens is 1. The van der Waals surface area contributed by atoms with Gasteiger partial charge in [0, 0.05) is 13.6 Å². The Kier molecular flexibility index (Phi) is 3.89. The first kappa shape index (κ1) is 14.2. The van der Waals surface area contributed by atoms with Gasteiger partial charge in [0.05, 0.1) is 5.54 Å². The number of β-lactam (4-membered cyclic amide) rings is 1. The smallest absolute Gasteiger partial charge is 0.418 e. The zero-order valence-corrected chi connectivity index (χ0v) is 15.0. The Labute approximate surface area is 170 Å². The number of nitrogens with one attached hydrogen (secondary N) is 1. The monoisotopic (exact) mass is 443 g/mol. The zero-order chi connectivity index (χ0) is 26.3. The predicted octanol–water partition coefficient (Wildman–Crippen LogP) is -1.63. The van der Waals surface area contributed by atoms with E-state index in [0.717, 1.165) is 16.7 Å². The Bertz CT molecular complexity index is 1120. The summed E-state index contributed by atoms with van der Waals surface area (Å²) < 4.78 is 80.9. The highest BCUT2D eigenvalue weighted by atomic mass is 32.3. The van der Waals surface area contributed by atoms with Crippen LogP contribution in [0.15, 0.2) is 10.5 Å². The van der Waals surface area contributed by atoms with Crippen LogP contribution in [0.1, 0.15) is 27.6 Å². The van der Waals surface area contributed by atoms with Crippen molar-refractivity contribution in [3.05, 3.63) is 11.1 Å². The van der Waals surface area contributed by atoms with Crippen molar-refractivity contribution < 1.29 is 49.8 Å². The Morgan fingerprint density at radius 3 is 2.75 bits per heavy atom. The largest absolute Gasteiger partial charge is 0.479 e. The van der Waals surface area contributed by atoms with Gasteiger partial charge in [0.25, 0.3) is 11.8 Å². The van der Waals surface area contributed by atoms with E-state index in [2.05, 4.69) is 19.3 Å². The van der Waals surface area contributed by atoms with Gasteiger partial charge in [0.15, 0.2) is 10.8 Å². The molecule has 2 amide bonds. The topological polar surface area (TPSA) is 211 Å². The highest BCUT2D eigenvalue weighted by Crippen LogP contribution is 2.32. The first-order valence-corrected chi connectivity index (χ1v) is 9.02. The zero-order valence-electron chi connectivity index (χ0n) is 19.3. The van der Waals surface area contributed by atoms with Gasteiger partial charge in [-0.2, -0.15) is 13.5 Å². The molecule has 0 bridgehead atoms. The molecule has 0 saturated carbocycles. The van der Waals surface area contributed by atoms with Crippen molar-refractivity contribution in [2.75, 3.05) is 12.3 Å². The van der Waals surface area contributed by atoms with Crippen molar-refractivity contribution in [3.8, 4) is 0 Å². The van der Waals surface area contributed by atoms with E-state index < -0.39 is 70.8 Å². The van der Waals surface area contributed by atoms with E-state index in [1.807, 2.05) is 0 Å². The molecule has 2 rings (SSSR count). The van der Waals surface area contributed by atoms with Crippen molar-refractivity contribution in [2.45, 2.75) is 25.3 Å². The molecule has 0 spiro atoms. The van der Waals surface area contributed by atoms with Crippen LogP contribution in [0.25, 0.3) is 0 Å². The fourth-order valence-corrected chi connectivity index (χ4v) is 2.76. The van der Waals surface area contributed by atoms with Crippen molar-refractivity contribution in [2.24, 2.45) is 5.16 Å². The van der Waals surface area contributed by atoms with Crippen LogP contribution < -0.4 is 11.1 Å². The number of carboxylic acid groups (broad SMARTS) is 1. The molecule has 1 aliphatic heterocycles. The number of carbonyl (C=O) groups excluding carboxylic acids is 2. The molecule has 1 fully saturated rings. The lowest BCUT2D eigenvalue weighted by atomic mass is 9.84. The van der Waals surface area contributed by atoms with Crippen molar-refractivity contribution in [1.82, 2.24) is 15.4 Å². The summed E-state index contributed by atoms with van der Waals surface area (Å²) >= 11 is 0.808. The summed E-state index contributed by atoms with van der Waals surface area (Å²) in [6, 6.07) is -2.46. The number of carbonyl (C=O) groups is 3. The van der Waals surface area contributed by atoms with Crippen LogP contribution in [0.4, 0.5) is 5.13 Å². The number of thiazole rings is 1. The van der Waals surface area contributed by atoms with Crippen LogP contribution in [0.5, 0.6) is 0 Å². The molecule has 1 aliphatic rings. The van der Waals surface area contributed by atoms with E-state index in [-0.39, 0.29) is 10.8 Å². The quantitative estimate of drug-likeness (QED) is 0.155. The number of nitrogens with two attached hydrogens (primary N) is 1. The fraction of sp³-hybridized carbons (Fsp3) is 0.417. The molecule has 0 aromatic carbocycles. The summed E-state index contributed by atoms with van der Waals surface area (Å²) in [4.78, 5) is 44.1. The van der Waals surface area contributed by atoms with E-state index >= 15 is 0 Å². The van der Waals surface area contributed by atoms with Gasteiger partial charge >= 0.3 is 16.4 Å². The Hall–Kier alpha value is -2.82. The highest BCUT2D eigenvalue weighted by molar-refractivity contribution is 7.80. The van der Waals surface area contributed by atoms with Gasteiger partial charge in [0.2, 0.25) is 6.61 Å². The number of aliphatic carboxylic acids is 1. The molecular weight excluding hydrogens is 422 g/mol. The number of oxime groups is 1. The second-order valence-corrected chi connectivity index (χ2v) is 6.88. The maximum absolute atomic E-state index is 12.8. The second-order valence-electron chi connectivity index (χ2n) is 4.99. The number of anilines is 1. The average Bonchev–Trinajstić information content (AvgIpc) is 3.06. The number of hydroxylamine groups is 2. The molecule has 0 radical (unpaired) electrons. The first-order valence-electron chi connectivity index (χ1n) is 9.78. The lowest BCUT2D eigenvalue weighted by Crippen LogP contribution is -2.76. The van der Waals surface area contributed by atoms with Crippen molar-refractivity contribution in [1.29, 1.82) is 0 Å². The summed E-state index contributed by atoms with van der Waals surface area (Å²) in [6.07, 6.45) is 0. The normalized spacial score (nSPS) is 23.2. The number of hydrogen-bond acceptors (Lipinski definition) is 11. The molecule has 1 atom stereocenters. The minimum absolute atomic E-state index is 0.0829. The highest BCUT2D eigenvalue weighted by Gasteiger charge is 2.58. The van der Waals surface area contributed by atoms with Gasteiger partial charge < -0.3 is 21.0 Å². The number of hydrogen-bond donors (Lipinski definition) is 4. The molecule has 0 aliphatic carbocycles. The van der Waals surface area contributed by atoms with E-state index in [1.165, 1.54) is 0 Å². The standard InChI is InChI=1S/C12H15N5O9S2/c1-12(2)8(10(21)17(12)26-28(22,23)24)15-9(20)7(16-25-3-6(18)19)5-4-27-11(13)14-5/h4,8H,3H2,1-2H3,(H2,13,14)(H,15,20)(H,18,19)(H,22,23,24)/b16-7-/t8-/m1/s1/i1D3,2D3. The maximum atomic E-state index is 12.8. The molecule has 28 heavy (non-hydrogen) atoms. The lowest BCUT2D eigenvalue weighted by Gasteiger charge is -2.50. The second kappa shape index (κ2) is 7.66. The Morgan fingerprint density at radius 1 is 1.57 bits per heavy atom. The summed E-state index contributed by atoms with van der Waals surface area (Å²) in [5.74, 6) is -4.61. The Balaban J connectivity index is 2.53. The van der Waals surface area contributed by atoms with Crippen LogP contribution >= 0.6 is 11.3 Å². The van der Waals surface area contributed by atoms with Gasteiger partial charge in [-0.05, 0) is 13.7 Å². The SMILES string of the molecule is [2H]C([2H])([2H])C1(C([2H])([2H])[2H])[C@H](NC(=O)/C(=N\OCC(=O)O)c2csc(N)n2)C(=O)N1OS(=O)(=O)O. The van der Waals surface area contributed by atoms with Gasteiger partial charge in [0.1, 0.15) is 11.7 Å². The van der Waals surface area contributed by atoms with Crippen molar-refractivity contribution >= 4 is 50.4 Å². The lowest BCUT2D eigenvalue weighted by molar-refractivity contribution is -0.218. The minimum Gasteiger partial charge on any atom is -0.479 e. The van der Waals surface area contributed by atoms with Gasteiger partial charge in [-0.25, -0.2) is 9.78 Å². The maximum Gasteiger partial charge on any atom is 0.418 e. The third-order valence-corrected chi connectivity index (χ3v) is 3.96. The van der Waals surface area contributed by atoms with E-state index in [9.17, 15) is 22.8 Å². The number of amides is 2. The first-order chi connectivity index (χ1) is 15.3. The summed E-state index contributed by atoms with van der Waals surface area (Å²) in [5, 5.41) is 14.2. The molecule has 154 valence electrons. The molecule has 0 unspecified atom stereocenters. The molecule has 1 saturated heterocycles. The van der Waals surface area contributed by atoms with Gasteiger partial charge in [-0.1, -0.05) is 5.16 Å². The van der Waals surface area contributed by atoms with Gasteiger partial charge in [-0.15, -0.1) is 15.6 Å². The van der Waals surface area contributed by atoms with E-state index in [0.29, 0.717) is 0 Å². The molecule has 5 N–H and O–H groups in total. The van der Waals surface area contributed by atoms with E-state index in [1.54, 1.807) is 5.32 Å². The predicted molar refractivity (Wildman–Crippen MR) is 92.1 cm³/mol. The number of carboxylic acids is 1. The van der Waals surface area contributed by atoms with Crippen molar-refractivity contribution in [3.63, 3.8) is 0 Å². The van der Waals surface area contributed by atoms with Crippen LogP contribution in [-0.2, 0) is 33.9 Å². The summed E-state index contributed by atoms with van der Waals surface area (Å²) in [7, 11) is -5.57. The average molecular weight is 443 g/mol. The molecular formula is C12H15N5O9S2. The number of nitrogens with zero attached hydrogens (tertiary/aromatic N) is 3. The van der Waals surface area contributed by atoms with Crippen LogP contribution in [0.3, 0.4) is 0 Å². The van der Waals surface area contributed by atoms with Gasteiger partial charge in [-0.3, -0.25) is 14.1 Å². The minimum atomic E-state index is -5.57. The third-order valence-electron chi connectivity index (χ3n) is 2.95.